The third kappa shape index (κ3) is 7.37. The number of hydrogen-bond donors (Lipinski definition) is 2. The monoisotopic (exact) mass is 582 g/mol. The molecule has 42 heavy (non-hydrogen) atoms. The lowest BCUT2D eigenvalue weighted by Crippen LogP contribution is -2.21. The van der Waals surface area contributed by atoms with Crippen molar-refractivity contribution in [2.75, 3.05) is 24.2 Å². The summed E-state index contributed by atoms with van der Waals surface area (Å²) in [6.45, 7) is 4.13. The number of anilines is 2. The Morgan fingerprint density at radius 1 is 0.905 bits per heavy atom. The summed E-state index contributed by atoms with van der Waals surface area (Å²) in [4.78, 5) is 32.3. The number of nitrogens with one attached hydrogen (secondary N) is 2. The van der Waals surface area contributed by atoms with Gasteiger partial charge in [-0.1, -0.05) is 49.4 Å². The van der Waals surface area contributed by atoms with Crippen LogP contribution in [0, 0.1) is 5.82 Å². The number of amides is 2. The van der Waals surface area contributed by atoms with Gasteiger partial charge in [0.15, 0.2) is 11.6 Å². The fourth-order valence-corrected chi connectivity index (χ4v) is 5.61. The molecule has 0 spiro atoms. The van der Waals surface area contributed by atoms with Crippen LogP contribution in [0.5, 0.6) is 11.5 Å². The van der Waals surface area contributed by atoms with Crippen LogP contribution < -0.4 is 15.4 Å². The molecule has 2 heterocycles. The van der Waals surface area contributed by atoms with Crippen LogP contribution in [-0.4, -0.2) is 35.3 Å². The third-order valence-electron chi connectivity index (χ3n) is 6.49. The smallest absolute Gasteiger partial charge is 0.233 e. The van der Waals surface area contributed by atoms with Crippen LogP contribution >= 0.6 is 11.3 Å². The molecule has 0 aliphatic carbocycles. The zero-order valence-electron chi connectivity index (χ0n) is 23.4. The van der Waals surface area contributed by atoms with Gasteiger partial charge in [-0.2, -0.15) is 0 Å². The van der Waals surface area contributed by atoms with Crippen molar-refractivity contribution >= 4 is 44.7 Å². The number of carbonyl (C=O) groups is 2. The zero-order valence-corrected chi connectivity index (χ0v) is 24.2. The van der Waals surface area contributed by atoms with E-state index in [1.54, 1.807) is 36.5 Å². The predicted octanol–water partition coefficient (Wildman–Crippen LogP) is 7.70. The number of thiophene rings is 1. The van der Waals surface area contributed by atoms with E-state index in [1.807, 2.05) is 12.1 Å². The Bertz CT molecular complexity index is 1690. The van der Waals surface area contributed by atoms with Crippen LogP contribution in [0.25, 0.3) is 20.7 Å². The number of fused-ring (bicyclic) bond motifs is 1. The first kappa shape index (κ1) is 28.9. The highest BCUT2D eigenvalue weighted by atomic mass is 32.1. The average Bonchev–Trinajstić information content (AvgIpc) is 3.41. The number of carbonyl (C=O) groups excluding carboxylic acids is 2. The van der Waals surface area contributed by atoms with Crippen LogP contribution in [0.2, 0.25) is 0 Å². The van der Waals surface area contributed by atoms with Crippen molar-refractivity contribution < 1.29 is 18.7 Å². The SMILES string of the molecule is CCCN(C)Cc1ccc(-c2cc3nccc(Oc4ccc(NC(=O)CC(=O)Nc5ccccc5)cc4F)c3s2)cc1. The maximum absolute atomic E-state index is 15.0. The fraction of sp³-hybridized carbons (Fsp3) is 0.182. The highest BCUT2D eigenvalue weighted by Crippen LogP contribution is 2.39. The molecule has 0 fully saturated rings. The lowest BCUT2D eigenvalue weighted by atomic mass is 10.1. The van der Waals surface area contributed by atoms with E-state index in [-0.39, 0.29) is 11.4 Å². The summed E-state index contributed by atoms with van der Waals surface area (Å²) in [5.74, 6) is -1.17. The molecule has 9 heteroatoms. The molecular formula is C33H31FN4O3S. The topological polar surface area (TPSA) is 83.6 Å². The van der Waals surface area contributed by atoms with E-state index in [0.717, 1.165) is 40.2 Å². The molecule has 0 radical (unpaired) electrons. The minimum Gasteiger partial charge on any atom is -0.453 e. The van der Waals surface area contributed by atoms with Crippen molar-refractivity contribution in [3.8, 4) is 21.9 Å². The van der Waals surface area contributed by atoms with E-state index in [2.05, 4.69) is 58.8 Å². The van der Waals surface area contributed by atoms with E-state index < -0.39 is 24.1 Å². The molecule has 5 rings (SSSR count). The Morgan fingerprint density at radius 2 is 1.64 bits per heavy atom. The van der Waals surface area contributed by atoms with Gasteiger partial charge in [-0.25, -0.2) is 4.39 Å². The standard InChI is InChI=1S/C33H31FN4O3S/c1-3-17-38(2)21-22-9-11-23(12-10-22)30-19-27-33(42-30)29(15-16-35-27)41-28-14-13-25(18-26(28)34)37-32(40)20-31(39)36-24-7-5-4-6-8-24/h4-16,18-19H,3,17,20-21H2,1-2H3,(H,36,39)(H,37,40). The van der Waals surface area contributed by atoms with Crippen LogP contribution in [-0.2, 0) is 16.1 Å². The fourth-order valence-electron chi connectivity index (χ4n) is 4.54. The lowest BCUT2D eigenvalue weighted by molar-refractivity contribution is -0.123. The van der Waals surface area contributed by atoms with E-state index in [1.165, 1.54) is 35.1 Å². The number of para-hydroxylation sites is 1. The molecule has 0 atom stereocenters. The van der Waals surface area contributed by atoms with Crippen LogP contribution in [0.3, 0.4) is 0 Å². The third-order valence-corrected chi connectivity index (χ3v) is 7.67. The van der Waals surface area contributed by atoms with E-state index >= 15 is 4.39 Å². The van der Waals surface area contributed by atoms with E-state index in [9.17, 15) is 9.59 Å². The predicted molar refractivity (Wildman–Crippen MR) is 166 cm³/mol. The molecule has 3 aromatic carbocycles. The highest BCUT2D eigenvalue weighted by molar-refractivity contribution is 7.22. The number of ether oxygens (including phenoxy) is 1. The number of halogens is 1. The Kier molecular flexibility index (Phi) is 9.21. The van der Waals surface area contributed by atoms with Gasteiger partial charge in [-0.3, -0.25) is 14.6 Å². The van der Waals surface area contributed by atoms with Crippen molar-refractivity contribution in [3.05, 3.63) is 103 Å². The summed E-state index contributed by atoms with van der Waals surface area (Å²) < 4.78 is 21.8. The lowest BCUT2D eigenvalue weighted by Gasteiger charge is -2.15. The molecule has 0 aliphatic heterocycles. The van der Waals surface area contributed by atoms with Crippen molar-refractivity contribution in [3.63, 3.8) is 0 Å². The van der Waals surface area contributed by atoms with Crippen molar-refractivity contribution in [2.24, 2.45) is 0 Å². The van der Waals surface area contributed by atoms with Gasteiger partial charge in [0, 0.05) is 41.1 Å². The summed E-state index contributed by atoms with van der Waals surface area (Å²) in [6.07, 6.45) is 2.35. The van der Waals surface area contributed by atoms with Gasteiger partial charge in [0.1, 0.15) is 12.2 Å². The second-order valence-electron chi connectivity index (χ2n) is 9.96. The average molecular weight is 583 g/mol. The summed E-state index contributed by atoms with van der Waals surface area (Å²) in [5.41, 5.74) is 3.91. The summed E-state index contributed by atoms with van der Waals surface area (Å²) in [5, 5.41) is 5.20. The summed E-state index contributed by atoms with van der Waals surface area (Å²) in [6, 6.07) is 25.2. The quantitative estimate of drug-likeness (QED) is 0.156. The Morgan fingerprint density at radius 3 is 2.36 bits per heavy atom. The Balaban J connectivity index is 1.24. The summed E-state index contributed by atoms with van der Waals surface area (Å²) in [7, 11) is 2.12. The number of rotatable bonds is 11. The van der Waals surface area contributed by atoms with Crippen molar-refractivity contribution in [2.45, 2.75) is 26.3 Å². The maximum Gasteiger partial charge on any atom is 0.233 e. The molecule has 0 aliphatic rings. The van der Waals surface area contributed by atoms with E-state index in [0.29, 0.717) is 11.4 Å². The number of nitrogens with zero attached hydrogens (tertiary/aromatic N) is 2. The molecule has 0 bridgehead atoms. The molecule has 2 N–H and O–H groups in total. The molecule has 0 saturated carbocycles. The van der Waals surface area contributed by atoms with Gasteiger partial charge in [-0.15, -0.1) is 11.3 Å². The largest absolute Gasteiger partial charge is 0.453 e. The second-order valence-corrected chi connectivity index (χ2v) is 11.0. The minimum absolute atomic E-state index is 0.0119. The molecule has 2 amide bonds. The number of hydrogen-bond acceptors (Lipinski definition) is 6. The Labute approximate surface area is 248 Å². The maximum atomic E-state index is 15.0. The van der Waals surface area contributed by atoms with Gasteiger partial charge in [0.2, 0.25) is 11.8 Å². The van der Waals surface area contributed by atoms with E-state index in [4.69, 9.17) is 4.74 Å². The number of aromatic nitrogens is 1. The highest BCUT2D eigenvalue weighted by Gasteiger charge is 2.15. The van der Waals surface area contributed by atoms with Gasteiger partial charge in [0.25, 0.3) is 0 Å². The van der Waals surface area contributed by atoms with Gasteiger partial charge in [-0.05, 0) is 61.5 Å². The molecule has 5 aromatic rings. The van der Waals surface area contributed by atoms with Gasteiger partial charge < -0.3 is 20.3 Å². The first-order valence-electron chi connectivity index (χ1n) is 13.7. The van der Waals surface area contributed by atoms with Gasteiger partial charge in [0.05, 0.1) is 10.2 Å². The molecule has 0 saturated heterocycles. The molecular weight excluding hydrogens is 551 g/mol. The molecule has 7 nitrogen and oxygen atoms in total. The van der Waals surface area contributed by atoms with Crippen LogP contribution in [0.15, 0.2) is 91.1 Å². The second kappa shape index (κ2) is 13.4. The van der Waals surface area contributed by atoms with Crippen LogP contribution in [0.4, 0.5) is 15.8 Å². The first-order chi connectivity index (χ1) is 20.4. The first-order valence-corrected chi connectivity index (χ1v) is 14.5. The minimum atomic E-state index is -0.646. The van der Waals surface area contributed by atoms with Crippen molar-refractivity contribution in [1.29, 1.82) is 0 Å². The Hall–Kier alpha value is -4.60. The van der Waals surface area contributed by atoms with Crippen molar-refractivity contribution in [1.82, 2.24) is 9.88 Å². The number of benzene rings is 3. The molecule has 2 aromatic heterocycles. The molecule has 0 unspecified atom stereocenters. The van der Waals surface area contributed by atoms with Crippen LogP contribution in [0.1, 0.15) is 25.3 Å². The number of pyridine rings is 1. The molecule has 214 valence electrons. The summed E-state index contributed by atoms with van der Waals surface area (Å²) >= 11 is 1.53. The zero-order chi connectivity index (χ0) is 29.5. The normalized spacial score (nSPS) is 11.0. The van der Waals surface area contributed by atoms with Gasteiger partial charge >= 0.3 is 0 Å².